The van der Waals surface area contributed by atoms with Gasteiger partial charge in [0.25, 0.3) is 5.91 Å². The van der Waals surface area contributed by atoms with Gasteiger partial charge in [-0.05, 0) is 63.4 Å². The summed E-state index contributed by atoms with van der Waals surface area (Å²) in [6.07, 6.45) is 6.37. The zero-order valence-corrected chi connectivity index (χ0v) is 21.7. The van der Waals surface area contributed by atoms with Crippen LogP contribution in [-0.4, -0.2) is 61.7 Å². The minimum atomic E-state index is -0.636. The van der Waals surface area contributed by atoms with E-state index in [1.165, 1.54) is 12.8 Å². The van der Waals surface area contributed by atoms with E-state index < -0.39 is 5.91 Å². The van der Waals surface area contributed by atoms with Gasteiger partial charge in [0.15, 0.2) is 17.3 Å². The Morgan fingerprint density at radius 3 is 2.56 bits per heavy atom. The third-order valence-electron chi connectivity index (χ3n) is 5.71. The molecule has 2 amide bonds. The van der Waals surface area contributed by atoms with Gasteiger partial charge in [-0.1, -0.05) is 32.4 Å². The lowest BCUT2D eigenvalue weighted by atomic mass is 10.1. The lowest BCUT2D eigenvalue weighted by molar-refractivity contribution is -0.109. The molecule has 2 heterocycles. The first-order valence-corrected chi connectivity index (χ1v) is 12.7. The number of anilines is 3. The standard InChI is InChI=1S/C21H28N6O3.C5H13N/c1-2-17-20(24-15-7-10-30-11-8-15)27-21(18(26-17)19(22)29)25-16-5-3-4-14(12-16)6-9-23-13-28;1-3-4-5-6-2/h3-5,12-13,15H,2,6-11H2,1H3,(H2,22,29)(H,23,28)(H2,24,25,27);6H,3-5H2,1-2H3. The highest BCUT2D eigenvalue weighted by atomic mass is 16.5. The van der Waals surface area contributed by atoms with Crippen molar-refractivity contribution in [2.75, 3.05) is 44.0 Å². The van der Waals surface area contributed by atoms with E-state index in [-0.39, 0.29) is 11.7 Å². The van der Waals surface area contributed by atoms with Crippen LogP contribution >= 0.6 is 0 Å². The maximum Gasteiger partial charge on any atom is 0.271 e. The number of hydrogen-bond donors (Lipinski definition) is 5. The topological polar surface area (TPSA) is 143 Å². The van der Waals surface area contributed by atoms with Crippen LogP contribution in [0.1, 0.15) is 61.3 Å². The summed E-state index contributed by atoms with van der Waals surface area (Å²) in [5.74, 6) is 0.337. The van der Waals surface area contributed by atoms with Crippen molar-refractivity contribution >= 4 is 29.6 Å². The van der Waals surface area contributed by atoms with Crippen LogP contribution in [0, 0.1) is 0 Å². The number of ether oxygens (including phenoxy) is 1. The van der Waals surface area contributed by atoms with E-state index in [0.717, 1.165) is 30.6 Å². The number of nitrogens with two attached hydrogens (primary N) is 1. The van der Waals surface area contributed by atoms with Gasteiger partial charge < -0.3 is 31.7 Å². The minimum absolute atomic E-state index is 0.109. The molecule has 2 aromatic rings. The Morgan fingerprint density at radius 2 is 1.94 bits per heavy atom. The SMILES string of the molecule is CCCCNC.CCc1nc(C(N)=O)c(Nc2cccc(CCNC=O)c2)nc1NC1CCOCC1. The number of aromatic nitrogens is 2. The second-order valence-corrected chi connectivity index (χ2v) is 8.57. The first-order valence-electron chi connectivity index (χ1n) is 12.7. The Morgan fingerprint density at radius 1 is 1.17 bits per heavy atom. The fourth-order valence-corrected chi connectivity index (χ4v) is 3.70. The van der Waals surface area contributed by atoms with E-state index in [0.29, 0.717) is 56.3 Å². The average molecular weight is 500 g/mol. The van der Waals surface area contributed by atoms with E-state index in [4.69, 9.17) is 10.5 Å². The van der Waals surface area contributed by atoms with Crippen LogP contribution in [-0.2, 0) is 22.4 Å². The minimum Gasteiger partial charge on any atom is -0.381 e. The monoisotopic (exact) mass is 499 g/mol. The molecular formula is C26H41N7O3. The summed E-state index contributed by atoms with van der Waals surface area (Å²) >= 11 is 0. The first kappa shape index (κ1) is 29.0. The van der Waals surface area contributed by atoms with Crippen molar-refractivity contribution in [3.63, 3.8) is 0 Å². The second kappa shape index (κ2) is 16.4. The lowest BCUT2D eigenvalue weighted by Gasteiger charge is -2.25. The van der Waals surface area contributed by atoms with Gasteiger partial charge in [0, 0.05) is 31.5 Å². The number of rotatable bonds is 13. The third-order valence-corrected chi connectivity index (χ3v) is 5.71. The summed E-state index contributed by atoms with van der Waals surface area (Å²) in [7, 11) is 1.98. The molecule has 198 valence electrons. The highest BCUT2D eigenvalue weighted by Gasteiger charge is 2.20. The van der Waals surface area contributed by atoms with Crippen LogP contribution in [0.15, 0.2) is 24.3 Å². The summed E-state index contributed by atoms with van der Waals surface area (Å²) in [4.78, 5) is 31.6. The van der Waals surface area contributed by atoms with Crippen LogP contribution in [0.5, 0.6) is 0 Å². The zero-order valence-electron chi connectivity index (χ0n) is 21.7. The van der Waals surface area contributed by atoms with Crippen molar-refractivity contribution in [2.45, 2.75) is 58.4 Å². The van der Waals surface area contributed by atoms with Crippen LogP contribution in [0.3, 0.4) is 0 Å². The summed E-state index contributed by atoms with van der Waals surface area (Å²) in [5, 5.41) is 12.4. The molecule has 10 nitrogen and oxygen atoms in total. The van der Waals surface area contributed by atoms with E-state index >= 15 is 0 Å². The predicted octanol–water partition coefficient (Wildman–Crippen LogP) is 2.77. The molecule has 0 bridgehead atoms. The number of aryl methyl sites for hydroxylation is 1. The Balaban J connectivity index is 0.000000678. The average Bonchev–Trinajstić information content (AvgIpc) is 2.89. The van der Waals surface area contributed by atoms with Gasteiger partial charge in [0.1, 0.15) is 0 Å². The lowest BCUT2D eigenvalue weighted by Crippen LogP contribution is -2.29. The highest BCUT2D eigenvalue weighted by Crippen LogP contribution is 2.24. The molecule has 1 aromatic heterocycles. The Kier molecular flexibility index (Phi) is 13.2. The Hall–Kier alpha value is -3.24. The van der Waals surface area contributed by atoms with Gasteiger partial charge in [-0.2, -0.15) is 0 Å². The summed E-state index contributed by atoms with van der Waals surface area (Å²) in [5.41, 5.74) is 8.19. The molecule has 0 aliphatic carbocycles. The van der Waals surface area contributed by atoms with Crippen LogP contribution in [0.25, 0.3) is 0 Å². The van der Waals surface area contributed by atoms with Crippen LogP contribution < -0.4 is 27.0 Å². The van der Waals surface area contributed by atoms with Crippen molar-refractivity contribution in [3.8, 4) is 0 Å². The van der Waals surface area contributed by atoms with Gasteiger partial charge in [-0.15, -0.1) is 0 Å². The Bertz CT molecular complexity index is 945. The third kappa shape index (κ3) is 9.79. The fourth-order valence-electron chi connectivity index (χ4n) is 3.70. The second-order valence-electron chi connectivity index (χ2n) is 8.57. The molecule has 0 unspecified atom stereocenters. The van der Waals surface area contributed by atoms with E-state index in [2.05, 4.69) is 38.2 Å². The molecular weight excluding hydrogens is 458 g/mol. The van der Waals surface area contributed by atoms with E-state index in [1.807, 2.05) is 38.2 Å². The number of benzene rings is 1. The van der Waals surface area contributed by atoms with Crippen molar-refractivity contribution in [3.05, 3.63) is 41.2 Å². The summed E-state index contributed by atoms with van der Waals surface area (Å²) in [6.45, 7) is 7.29. The molecule has 0 spiro atoms. The molecule has 36 heavy (non-hydrogen) atoms. The normalized spacial score (nSPS) is 13.3. The number of unbranched alkanes of at least 4 members (excludes halogenated alkanes) is 1. The molecule has 1 aliphatic rings. The van der Waals surface area contributed by atoms with Gasteiger partial charge in [-0.25, -0.2) is 9.97 Å². The molecule has 0 radical (unpaired) electrons. The zero-order chi connectivity index (χ0) is 26.2. The highest BCUT2D eigenvalue weighted by molar-refractivity contribution is 5.96. The van der Waals surface area contributed by atoms with Crippen molar-refractivity contribution in [2.24, 2.45) is 5.73 Å². The van der Waals surface area contributed by atoms with Gasteiger partial charge >= 0.3 is 0 Å². The molecule has 10 heteroatoms. The number of carbonyl (C=O) groups excluding carboxylic acids is 2. The molecule has 1 aromatic carbocycles. The number of nitrogens with one attached hydrogen (secondary N) is 4. The predicted molar refractivity (Wildman–Crippen MR) is 144 cm³/mol. The summed E-state index contributed by atoms with van der Waals surface area (Å²) in [6, 6.07) is 7.94. The maximum atomic E-state index is 12.0. The van der Waals surface area contributed by atoms with E-state index in [1.54, 1.807) is 0 Å². The van der Waals surface area contributed by atoms with Gasteiger partial charge in [0.05, 0.1) is 5.69 Å². The Labute approximate surface area is 214 Å². The number of amides is 2. The van der Waals surface area contributed by atoms with Crippen molar-refractivity contribution in [1.82, 2.24) is 20.6 Å². The maximum absolute atomic E-state index is 12.0. The molecule has 1 fully saturated rings. The number of hydrogen-bond acceptors (Lipinski definition) is 8. The summed E-state index contributed by atoms with van der Waals surface area (Å²) < 4.78 is 5.42. The quantitative estimate of drug-likeness (QED) is 0.209. The smallest absolute Gasteiger partial charge is 0.271 e. The van der Waals surface area contributed by atoms with Crippen molar-refractivity contribution in [1.29, 1.82) is 0 Å². The van der Waals surface area contributed by atoms with Crippen molar-refractivity contribution < 1.29 is 14.3 Å². The van der Waals surface area contributed by atoms with Gasteiger partial charge in [0.2, 0.25) is 6.41 Å². The number of nitrogens with zero attached hydrogens (tertiary/aromatic N) is 2. The number of primary amides is 1. The van der Waals surface area contributed by atoms with Crippen LogP contribution in [0.2, 0.25) is 0 Å². The van der Waals surface area contributed by atoms with Crippen LogP contribution in [0.4, 0.5) is 17.3 Å². The molecule has 6 N–H and O–H groups in total. The fraction of sp³-hybridized carbons (Fsp3) is 0.538. The molecule has 3 rings (SSSR count). The molecule has 1 aliphatic heterocycles. The van der Waals surface area contributed by atoms with Gasteiger partial charge in [-0.3, -0.25) is 9.59 Å². The molecule has 1 saturated heterocycles. The largest absolute Gasteiger partial charge is 0.381 e. The number of carbonyl (C=O) groups is 2. The molecule has 0 atom stereocenters. The van der Waals surface area contributed by atoms with E-state index in [9.17, 15) is 9.59 Å². The molecule has 0 saturated carbocycles. The first-order chi connectivity index (χ1) is 17.5.